The molecule has 0 aromatic carbocycles. The van der Waals surface area contributed by atoms with Gasteiger partial charge in [0.2, 0.25) is 5.43 Å². The highest BCUT2D eigenvalue weighted by atomic mass is 16.3. The Hall–Kier alpha value is -1.37. The molecule has 6 heteroatoms. The van der Waals surface area contributed by atoms with Gasteiger partial charge >= 0.3 is 0 Å². The van der Waals surface area contributed by atoms with Gasteiger partial charge in [-0.25, -0.2) is 0 Å². The number of hydrogen-bond acceptors (Lipinski definition) is 5. The summed E-state index contributed by atoms with van der Waals surface area (Å²) in [5.74, 6) is -0.231. The Labute approximate surface area is 118 Å². The third-order valence-electron chi connectivity index (χ3n) is 3.74. The van der Waals surface area contributed by atoms with Gasteiger partial charge in [0.1, 0.15) is 0 Å². The largest absolute Gasteiger partial charge is 0.503 e. The quantitative estimate of drug-likeness (QED) is 0.774. The molecule has 0 spiro atoms. The predicted molar refractivity (Wildman–Crippen MR) is 76.8 cm³/mol. The van der Waals surface area contributed by atoms with Gasteiger partial charge in [-0.15, -0.1) is 0 Å². The van der Waals surface area contributed by atoms with Crippen LogP contribution in [0.2, 0.25) is 0 Å². The second-order valence-electron chi connectivity index (χ2n) is 5.36. The van der Waals surface area contributed by atoms with Crippen molar-refractivity contribution in [1.29, 1.82) is 0 Å². The van der Waals surface area contributed by atoms with Crippen molar-refractivity contribution in [3.8, 4) is 5.75 Å². The van der Waals surface area contributed by atoms with Crippen LogP contribution in [-0.4, -0.2) is 64.4 Å². The van der Waals surface area contributed by atoms with Crippen LogP contribution in [0, 0.1) is 0 Å². The average Bonchev–Trinajstić information content (AvgIpc) is 2.43. The molecule has 1 aromatic rings. The van der Waals surface area contributed by atoms with Gasteiger partial charge in [-0.1, -0.05) is 0 Å². The summed E-state index contributed by atoms with van der Waals surface area (Å²) in [5.41, 5.74) is 0.556. The zero-order valence-electron chi connectivity index (χ0n) is 12.0. The molecular formula is C14H23N3O3. The molecule has 1 aliphatic heterocycles. The van der Waals surface area contributed by atoms with Crippen molar-refractivity contribution in [2.45, 2.75) is 19.5 Å². The summed E-state index contributed by atoms with van der Waals surface area (Å²) in [5, 5.41) is 18.5. The van der Waals surface area contributed by atoms with Gasteiger partial charge in [-0.3, -0.25) is 9.69 Å². The number of nitrogens with zero attached hydrogens (tertiary/aromatic N) is 3. The maximum Gasteiger partial charge on any atom is 0.223 e. The second-order valence-corrected chi connectivity index (χ2v) is 5.36. The van der Waals surface area contributed by atoms with Crippen LogP contribution < -0.4 is 5.43 Å². The first-order chi connectivity index (χ1) is 9.60. The van der Waals surface area contributed by atoms with Crippen molar-refractivity contribution < 1.29 is 10.2 Å². The number of aryl methyl sites for hydroxylation is 1. The maximum atomic E-state index is 11.6. The van der Waals surface area contributed by atoms with E-state index < -0.39 is 0 Å². The van der Waals surface area contributed by atoms with Crippen molar-refractivity contribution in [3.63, 3.8) is 0 Å². The highest BCUT2D eigenvalue weighted by Crippen LogP contribution is 2.11. The number of pyridine rings is 1. The molecule has 20 heavy (non-hydrogen) atoms. The van der Waals surface area contributed by atoms with Crippen LogP contribution in [-0.2, 0) is 13.1 Å². The minimum Gasteiger partial charge on any atom is -0.503 e. The van der Waals surface area contributed by atoms with E-state index in [1.807, 2.05) is 4.57 Å². The Bertz CT molecular complexity index is 493. The molecule has 1 fully saturated rings. The zero-order valence-corrected chi connectivity index (χ0v) is 12.0. The normalized spacial score (nSPS) is 17.5. The van der Waals surface area contributed by atoms with Crippen LogP contribution in [0.15, 0.2) is 17.1 Å². The van der Waals surface area contributed by atoms with E-state index in [4.69, 9.17) is 5.11 Å². The van der Waals surface area contributed by atoms with Gasteiger partial charge in [-0.05, 0) is 13.5 Å². The van der Waals surface area contributed by atoms with Crippen LogP contribution in [0.25, 0.3) is 0 Å². The van der Waals surface area contributed by atoms with Crippen LogP contribution in [0.1, 0.15) is 12.1 Å². The first kappa shape index (κ1) is 15.0. The minimum absolute atomic E-state index is 0.0981. The standard InChI is InChI=1S/C14H23N3O3/c1-15-4-6-16(7-5-15)10-12-9-13(19)14(20)11-17(12)3-2-8-18/h9,11,18,20H,2-8,10H2,1H3. The molecule has 0 amide bonds. The van der Waals surface area contributed by atoms with E-state index in [-0.39, 0.29) is 17.8 Å². The summed E-state index contributed by atoms with van der Waals surface area (Å²) in [6.45, 7) is 5.41. The number of hydrogen-bond donors (Lipinski definition) is 2. The van der Waals surface area contributed by atoms with Crippen LogP contribution in [0.4, 0.5) is 0 Å². The fraction of sp³-hybridized carbons (Fsp3) is 0.643. The molecule has 1 aliphatic rings. The van der Waals surface area contributed by atoms with Gasteiger partial charge < -0.3 is 19.7 Å². The Morgan fingerprint density at radius 1 is 1.25 bits per heavy atom. The topological polar surface area (TPSA) is 68.9 Å². The Morgan fingerprint density at radius 3 is 2.60 bits per heavy atom. The van der Waals surface area contributed by atoms with E-state index in [1.165, 1.54) is 12.3 Å². The Morgan fingerprint density at radius 2 is 1.95 bits per heavy atom. The number of likely N-dealkylation sites (N-methyl/N-ethyl adjacent to an activating group) is 1. The average molecular weight is 281 g/mol. The van der Waals surface area contributed by atoms with E-state index in [9.17, 15) is 9.90 Å². The minimum atomic E-state index is -0.339. The molecule has 6 nitrogen and oxygen atoms in total. The lowest BCUT2D eigenvalue weighted by Crippen LogP contribution is -2.44. The third kappa shape index (κ3) is 3.82. The van der Waals surface area contributed by atoms with E-state index in [0.29, 0.717) is 19.5 Å². The van der Waals surface area contributed by atoms with Crippen molar-refractivity contribution in [2.75, 3.05) is 39.8 Å². The lowest BCUT2D eigenvalue weighted by Gasteiger charge is -2.32. The number of aromatic nitrogens is 1. The highest BCUT2D eigenvalue weighted by Gasteiger charge is 2.16. The van der Waals surface area contributed by atoms with Gasteiger partial charge in [0.25, 0.3) is 0 Å². The number of aliphatic hydroxyl groups is 1. The number of aliphatic hydroxyl groups excluding tert-OH is 1. The predicted octanol–water partition coefficient (Wildman–Crippen LogP) is -0.316. The van der Waals surface area contributed by atoms with Crippen LogP contribution in [0.3, 0.4) is 0 Å². The molecule has 0 bridgehead atoms. The van der Waals surface area contributed by atoms with Crippen molar-refractivity contribution >= 4 is 0 Å². The summed E-state index contributed by atoms with van der Waals surface area (Å²) >= 11 is 0. The molecule has 1 aromatic heterocycles. The van der Waals surface area contributed by atoms with Gasteiger partial charge in [0, 0.05) is 57.6 Å². The fourth-order valence-electron chi connectivity index (χ4n) is 2.42. The number of aromatic hydroxyl groups is 1. The molecule has 0 unspecified atom stereocenters. The van der Waals surface area contributed by atoms with Crippen molar-refractivity contribution in [3.05, 3.63) is 28.2 Å². The van der Waals surface area contributed by atoms with Crippen molar-refractivity contribution in [1.82, 2.24) is 14.4 Å². The number of piperazine rings is 1. The first-order valence-corrected chi connectivity index (χ1v) is 7.04. The molecule has 0 aliphatic carbocycles. The molecule has 2 rings (SSSR count). The van der Waals surface area contributed by atoms with E-state index >= 15 is 0 Å². The van der Waals surface area contributed by atoms with E-state index in [0.717, 1.165) is 31.9 Å². The molecular weight excluding hydrogens is 258 g/mol. The third-order valence-corrected chi connectivity index (χ3v) is 3.74. The second kappa shape index (κ2) is 6.88. The molecule has 2 heterocycles. The molecule has 1 saturated heterocycles. The smallest absolute Gasteiger partial charge is 0.223 e. The summed E-state index contributed by atoms with van der Waals surface area (Å²) in [6.07, 6.45) is 2.08. The summed E-state index contributed by atoms with van der Waals surface area (Å²) in [6, 6.07) is 1.50. The van der Waals surface area contributed by atoms with E-state index in [2.05, 4.69) is 16.8 Å². The lowest BCUT2D eigenvalue weighted by atomic mass is 10.2. The van der Waals surface area contributed by atoms with Crippen molar-refractivity contribution in [2.24, 2.45) is 0 Å². The van der Waals surface area contributed by atoms with Crippen LogP contribution in [0.5, 0.6) is 5.75 Å². The molecule has 0 saturated carbocycles. The molecule has 2 N–H and O–H groups in total. The van der Waals surface area contributed by atoms with Gasteiger partial charge in [0.15, 0.2) is 5.75 Å². The summed E-state index contributed by atoms with van der Waals surface area (Å²) < 4.78 is 1.87. The fourth-order valence-corrected chi connectivity index (χ4v) is 2.42. The maximum absolute atomic E-state index is 11.6. The molecule has 0 atom stereocenters. The molecule has 0 radical (unpaired) electrons. The monoisotopic (exact) mass is 281 g/mol. The Kier molecular flexibility index (Phi) is 5.17. The SMILES string of the molecule is CN1CCN(Cc2cc(=O)c(O)cn2CCCO)CC1. The number of rotatable bonds is 5. The van der Waals surface area contributed by atoms with Gasteiger partial charge in [0.05, 0.1) is 6.20 Å². The first-order valence-electron chi connectivity index (χ1n) is 7.04. The Balaban J connectivity index is 2.12. The zero-order chi connectivity index (χ0) is 14.5. The molecule has 112 valence electrons. The lowest BCUT2D eigenvalue weighted by molar-refractivity contribution is 0.145. The van der Waals surface area contributed by atoms with Crippen LogP contribution >= 0.6 is 0 Å². The summed E-state index contributed by atoms with van der Waals surface area (Å²) in [4.78, 5) is 16.2. The summed E-state index contributed by atoms with van der Waals surface area (Å²) in [7, 11) is 2.11. The van der Waals surface area contributed by atoms with Gasteiger partial charge in [-0.2, -0.15) is 0 Å². The van der Waals surface area contributed by atoms with E-state index in [1.54, 1.807) is 0 Å². The highest BCUT2D eigenvalue weighted by molar-refractivity contribution is 5.20.